The first-order valence-electron chi connectivity index (χ1n) is 12.1. The molecule has 0 unspecified atom stereocenters. The Hall–Kier alpha value is -3.10. The molecule has 0 radical (unpaired) electrons. The van der Waals surface area contributed by atoms with Crippen LogP contribution in [0.15, 0.2) is 40.1 Å². The first-order valence-corrected chi connectivity index (χ1v) is 12.1. The fraction of sp³-hybridized carbons (Fsp3) is 0.500. The molecule has 5 atom stereocenters. The maximum absolute atomic E-state index is 13.9. The van der Waals surface area contributed by atoms with Crippen LogP contribution in [0.3, 0.4) is 0 Å². The van der Waals surface area contributed by atoms with Crippen LogP contribution in [0.2, 0.25) is 0 Å². The predicted molar refractivity (Wildman–Crippen MR) is 132 cm³/mol. The number of ether oxygens (including phenoxy) is 2. The number of allylic oxidation sites excluding steroid dienone is 1. The Kier molecular flexibility index (Phi) is 5.09. The van der Waals surface area contributed by atoms with Crippen LogP contribution in [0.1, 0.15) is 64.0 Å². The van der Waals surface area contributed by atoms with Crippen molar-refractivity contribution in [3.8, 4) is 11.5 Å². The summed E-state index contributed by atoms with van der Waals surface area (Å²) in [5, 5.41) is 31.9. The quantitative estimate of drug-likeness (QED) is 0.420. The van der Waals surface area contributed by atoms with Gasteiger partial charge in [0.2, 0.25) is 5.43 Å². The third kappa shape index (κ3) is 3.07. The highest BCUT2D eigenvalue weighted by molar-refractivity contribution is 5.90. The summed E-state index contributed by atoms with van der Waals surface area (Å²) in [4.78, 5) is 27.3. The molecule has 1 aliphatic carbocycles. The molecule has 3 N–H and O–H groups in total. The van der Waals surface area contributed by atoms with Gasteiger partial charge in [0.05, 0.1) is 17.3 Å². The second kappa shape index (κ2) is 7.46. The molecule has 2 saturated heterocycles. The van der Waals surface area contributed by atoms with Crippen molar-refractivity contribution in [1.29, 1.82) is 0 Å². The van der Waals surface area contributed by atoms with Crippen molar-refractivity contribution in [1.82, 2.24) is 0 Å². The number of esters is 1. The standard InChI is InChI=1S/C28H32O8/c1-8-26(4,5)21-15(30)10-14(29)18-22(32)19-17(34-23(18)21)9-13-20-24(19)35-25(33)28(20,36-27(13,6)7)11-16(31)12(2)3/h8,10,13,16,20,24,29-31H,1-2,9,11H2,3-7H3/t13-,16-,20-,24+,28-/m1/s1. The lowest BCUT2D eigenvalue weighted by Gasteiger charge is -2.35. The Morgan fingerprint density at radius 1 is 1.28 bits per heavy atom. The van der Waals surface area contributed by atoms with E-state index in [2.05, 4.69) is 13.2 Å². The van der Waals surface area contributed by atoms with Gasteiger partial charge in [-0.1, -0.05) is 32.1 Å². The molecule has 3 heterocycles. The minimum absolute atomic E-state index is 0.0344. The van der Waals surface area contributed by atoms with Gasteiger partial charge >= 0.3 is 5.97 Å². The van der Waals surface area contributed by atoms with Crippen LogP contribution in [0, 0.1) is 11.8 Å². The van der Waals surface area contributed by atoms with Crippen molar-refractivity contribution >= 4 is 16.9 Å². The molecule has 0 amide bonds. The van der Waals surface area contributed by atoms with Crippen LogP contribution < -0.4 is 5.43 Å². The number of fused-ring (bicyclic) bond motifs is 3. The van der Waals surface area contributed by atoms with Crippen molar-refractivity contribution in [3.05, 3.63) is 58.0 Å². The number of rotatable bonds is 5. The van der Waals surface area contributed by atoms with Crippen molar-refractivity contribution in [2.75, 3.05) is 0 Å². The van der Waals surface area contributed by atoms with Crippen molar-refractivity contribution < 1.29 is 34.0 Å². The number of aliphatic hydroxyl groups excluding tert-OH is 1. The maximum Gasteiger partial charge on any atom is 0.339 e. The number of carbonyl (C=O) groups is 1. The molecule has 36 heavy (non-hydrogen) atoms. The zero-order valence-corrected chi connectivity index (χ0v) is 21.2. The number of carbonyl (C=O) groups excluding carboxylic acids is 1. The van der Waals surface area contributed by atoms with Gasteiger partial charge in [-0.2, -0.15) is 0 Å². The molecule has 0 bridgehead atoms. The molecule has 192 valence electrons. The molecule has 3 aliphatic rings. The summed E-state index contributed by atoms with van der Waals surface area (Å²) in [5.41, 5.74) is -2.47. The molecule has 8 nitrogen and oxygen atoms in total. The van der Waals surface area contributed by atoms with E-state index in [0.717, 1.165) is 6.07 Å². The summed E-state index contributed by atoms with van der Waals surface area (Å²) in [6.45, 7) is 16.7. The number of hydrogen-bond donors (Lipinski definition) is 3. The molecule has 0 saturated carbocycles. The molecule has 5 rings (SSSR count). The number of phenolic OH excluding ortho intramolecular Hbond substituents is 2. The second-order valence-corrected chi connectivity index (χ2v) is 11.5. The van der Waals surface area contributed by atoms with Gasteiger partial charge in [0.1, 0.15) is 34.3 Å². The monoisotopic (exact) mass is 496 g/mol. The topological polar surface area (TPSA) is 126 Å². The Bertz CT molecular complexity index is 1400. The SMILES string of the molecule is C=CC(C)(C)c1c(O)cc(O)c2c(=O)c3c(oc12)C[C@@H]1[C@@H]2[C@H]3OC(=O)[C@]2(C[C@@H](O)C(=C)C)OC1(C)C. The lowest BCUT2D eigenvalue weighted by molar-refractivity contribution is -0.173. The van der Waals surface area contributed by atoms with Gasteiger partial charge in [0.15, 0.2) is 5.60 Å². The van der Waals surface area contributed by atoms with E-state index in [4.69, 9.17) is 13.9 Å². The Labute approximate surface area is 208 Å². The molecule has 2 aliphatic heterocycles. The number of aliphatic hydroxyl groups is 1. The van der Waals surface area contributed by atoms with Crippen LogP contribution in [0.4, 0.5) is 0 Å². The Morgan fingerprint density at radius 3 is 2.56 bits per heavy atom. The summed E-state index contributed by atoms with van der Waals surface area (Å²) in [7, 11) is 0. The van der Waals surface area contributed by atoms with Gasteiger partial charge in [0, 0.05) is 41.7 Å². The fourth-order valence-electron chi connectivity index (χ4n) is 6.38. The van der Waals surface area contributed by atoms with Crippen LogP contribution in [-0.2, 0) is 26.1 Å². The van der Waals surface area contributed by atoms with Crippen LogP contribution in [0.25, 0.3) is 11.0 Å². The summed E-state index contributed by atoms with van der Waals surface area (Å²) in [6.07, 6.45) is -0.0818. The maximum atomic E-state index is 13.9. The number of aromatic hydroxyl groups is 2. The normalized spacial score (nSPS) is 28.9. The van der Waals surface area contributed by atoms with E-state index >= 15 is 0 Å². The minimum atomic E-state index is -1.44. The molecule has 0 spiro atoms. The highest BCUT2D eigenvalue weighted by Gasteiger charge is 2.72. The first kappa shape index (κ1) is 24.6. The van der Waals surface area contributed by atoms with Gasteiger partial charge in [-0.15, -0.1) is 6.58 Å². The molecule has 8 heteroatoms. The molecular formula is C28H32O8. The van der Waals surface area contributed by atoms with Crippen molar-refractivity contribution in [2.24, 2.45) is 11.8 Å². The van der Waals surface area contributed by atoms with Crippen LogP contribution in [-0.4, -0.2) is 38.6 Å². The van der Waals surface area contributed by atoms with Crippen molar-refractivity contribution in [3.63, 3.8) is 0 Å². The van der Waals surface area contributed by atoms with E-state index in [1.807, 2.05) is 27.7 Å². The average Bonchev–Trinajstić information content (AvgIpc) is 3.16. The minimum Gasteiger partial charge on any atom is -0.507 e. The molecule has 1 aromatic carbocycles. The second-order valence-electron chi connectivity index (χ2n) is 11.5. The summed E-state index contributed by atoms with van der Waals surface area (Å²) >= 11 is 0. The summed E-state index contributed by atoms with van der Waals surface area (Å²) in [6, 6.07) is 1.12. The number of phenols is 2. The molecule has 1 aromatic heterocycles. The van der Waals surface area contributed by atoms with Gasteiger partial charge < -0.3 is 29.2 Å². The van der Waals surface area contributed by atoms with Crippen molar-refractivity contribution in [2.45, 2.75) is 76.3 Å². The lowest BCUT2D eigenvalue weighted by atomic mass is 9.66. The molecule has 2 aromatic rings. The number of hydrogen-bond acceptors (Lipinski definition) is 8. The third-order valence-electron chi connectivity index (χ3n) is 8.36. The Balaban J connectivity index is 1.78. The zero-order chi connectivity index (χ0) is 26.5. The van der Waals surface area contributed by atoms with Gasteiger partial charge in [-0.05, 0) is 20.8 Å². The van der Waals surface area contributed by atoms with Crippen LogP contribution >= 0.6 is 0 Å². The van der Waals surface area contributed by atoms with Gasteiger partial charge in [0.25, 0.3) is 0 Å². The van der Waals surface area contributed by atoms with E-state index in [1.165, 1.54) is 0 Å². The smallest absolute Gasteiger partial charge is 0.339 e. The first-order chi connectivity index (χ1) is 16.7. The average molecular weight is 497 g/mol. The zero-order valence-electron chi connectivity index (χ0n) is 21.2. The largest absolute Gasteiger partial charge is 0.507 e. The van der Waals surface area contributed by atoms with E-state index in [1.54, 1.807) is 13.0 Å². The molecular weight excluding hydrogens is 464 g/mol. The predicted octanol–water partition coefficient (Wildman–Crippen LogP) is 3.93. The van der Waals surface area contributed by atoms with E-state index < -0.39 is 51.9 Å². The van der Waals surface area contributed by atoms with E-state index in [0.29, 0.717) is 16.9 Å². The highest BCUT2D eigenvalue weighted by atomic mass is 16.6. The molecule has 2 fully saturated rings. The summed E-state index contributed by atoms with van der Waals surface area (Å²) < 4.78 is 18.5. The highest BCUT2D eigenvalue weighted by Crippen LogP contribution is 2.62. The summed E-state index contributed by atoms with van der Waals surface area (Å²) in [5.74, 6) is -1.75. The fourth-order valence-corrected chi connectivity index (χ4v) is 6.38. The third-order valence-corrected chi connectivity index (χ3v) is 8.36. The van der Waals surface area contributed by atoms with Gasteiger partial charge in [-0.25, -0.2) is 4.79 Å². The Morgan fingerprint density at radius 2 is 1.94 bits per heavy atom. The number of benzene rings is 1. The van der Waals surface area contributed by atoms with E-state index in [9.17, 15) is 24.9 Å². The van der Waals surface area contributed by atoms with E-state index in [-0.39, 0.29) is 41.0 Å². The lowest BCUT2D eigenvalue weighted by Crippen LogP contribution is -2.45. The van der Waals surface area contributed by atoms with Gasteiger partial charge in [-0.3, -0.25) is 4.79 Å². The van der Waals surface area contributed by atoms with Crippen LogP contribution in [0.5, 0.6) is 11.5 Å².